The van der Waals surface area contributed by atoms with Gasteiger partial charge < -0.3 is 20.3 Å². The highest BCUT2D eigenvalue weighted by atomic mass is 16.5. The van der Waals surface area contributed by atoms with Crippen molar-refractivity contribution in [2.24, 2.45) is 0 Å². The van der Waals surface area contributed by atoms with E-state index in [4.69, 9.17) is 4.74 Å². The fourth-order valence-corrected chi connectivity index (χ4v) is 10.2. The van der Waals surface area contributed by atoms with Gasteiger partial charge in [0.15, 0.2) is 0 Å². The normalized spacial score (nSPS) is 12.7. The van der Waals surface area contributed by atoms with Crippen LogP contribution in [0.2, 0.25) is 0 Å². The fourth-order valence-electron chi connectivity index (χ4n) is 10.2. The van der Waals surface area contributed by atoms with Crippen LogP contribution >= 0.6 is 0 Å². The van der Waals surface area contributed by atoms with E-state index in [1.807, 2.05) is 6.08 Å². The molecular weight excluding hydrogens is 887 g/mol. The van der Waals surface area contributed by atoms with Crippen LogP contribution in [0.15, 0.2) is 24.3 Å². The predicted octanol–water partition coefficient (Wildman–Crippen LogP) is 20.6. The van der Waals surface area contributed by atoms with Crippen molar-refractivity contribution in [3.05, 3.63) is 24.3 Å². The second-order valence-electron chi connectivity index (χ2n) is 22.5. The van der Waals surface area contributed by atoms with Crippen molar-refractivity contribution in [2.75, 3.05) is 13.2 Å². The Hall–Kier alpha value is -1.66. The third-order valence-electron chi connectivity index (χ3n) is 15.2. The SMILES string of the molecule is CCCCCCCCCCCCCCCCCC/C=C/C(O)C(CO)NC(=O)CCCCCCCCC/C=C\CCCCCCCCCCCOC(=O)CCCCCCCCCCCCCCCCCCC. The number of carbonyl (C=O) groups is 2. The molecule has 0 aromatic rings. The first kappa shape index (κ1) is 70.3. The number of aliphatic hydroxyl groups is 2. The molecule has 0 rings (SSSR count). The van der Waals surface area contributed by atoms with Crippen LogP contribution in [0, 0.1) is 0 Å². The molecule has 0 saturated carbocycles. The van der Waals surface area contributed by atoms with Gasteiger partial charge in [0.25, 0.3) is 0 Å². The molecule has 6 nitrogen and oxygen atoms in total. The molecule has 0 saturated heterocycles. The van der Waals surface area contributed by atoms with Crippen LogP contribution in [0.4, 0.5) is 0 Å². The number of carbonyl (C=O) groups excluding carboxylic acids is 2. The maximum atomic E-state index is 12.5. The van der Waals surface area contributed by atoms with Crippen molar-refractivity contribution >= 4 is 11.9 Å². The standard InChI is InChI=1S/C66H127NO5/c1-3-5-7-9-11-13-15-17-19-21-27-30-34-38-42-46-50-54-58-64(69)63(62-68)67-65(70)59-55-51-47-43-39-35-31-28-24-22-23-25-29-33-37-41-45-49-53-57-61-72-66(71)60-56-52-48-44-40-36-32-26-20-18-16-14-12-10-8-6-4-2/h22,24,54,58,63-64,68-69H,3-21,23,25-53,55-57,59-62H2,1-2H3,(H,67,70)/b24-22-,58-54+. The maximum absolute atomic E-state index is 12.5. The van der Waals surface area contributed by atoms with Crippen LogP contribution in [0.25, 0.3) is 0 Å². The van der Waals surface area contributed by atoms with E-state index in [0.29, 0.717) is 19.4 Å². The summed E-state index contributed by atoms with van der Waals surface area (Å²) in [5.41, 5.74) is 0. The summed E-state index contributed by atoms with van der Waals surface area (Å²) in [5.74, 6) is -0.0637. The number of esters is 1. The van der Waals surface area contributed by atoms with E-state index in [0.717, 1.165) is 44.9 Å². The van der Waals surface area contributed by atoms with Crippen molar-refractivity contribution < 1.29 is 24.5 Å². The highest BCUT2D eigenvalue weighted by Gasteiger charge is 2.18. The van der Waals surface area contributed by atoms with Gasteiger partial charge >= 0.3 is 5.97 Å². The maximum Gasteiger partial charge on any atom is 0.305 e. The van der Waals surface area contributed by atoms with Gasteiger partial charge in [-0.3, -0.25) is 9.59 Å². The van der Waals surface area contributed by atoms with E-state index in [-0.39, 0.29) is 18.5 Å². The van der Waals surface area contributed by atoms with Crippen molar-refractivity contribution in [3.63, 3.8) is 0 Å². The summed E-state index contributed by atoms with van der Waals surface area (Å²) in [4.78, 5) is 24.6. The minimum absolute atomic E-state index is 0.0101. The first-order valence-corrected chi connectivity index (χ1v) is 32.6. The molecule has 2 unspecified atom stereocenters. The molecule has 0 aromatic carbocycles. The molecule has 0 fully saturated rings. The minimum Gasteiger partial charge on any atom is -0.466 e. The Kier molecular flexibility index (Phi) is 60.5. The van der Waals surface area contributed by atoms with Gasteiger partial charge in [-0.25, -0.2) is 0 Å². The Labute approximate surface area is 450 Å². The van der Waals surface area contributed by atoms with Gasteiger partial charge in [-0.15, -0.1) is 0 Å². The zero-order valence-corrected chi connectivity index (χ0v) is 48.7. The molecule has 0 aliphatic heterocycles. The molecule has 0 heterocycles. The Morgan fingerprint density at radius 1 is 0.375 bits per heavy atom. The summed E-state index contributed by atoms with van der Waals surface area (Å²) in [6.07, 6.45) is 76.5. The molecular formula is C66H127NO5. The second kappa shape index (κ2) is 61.9. The Bertz CT molecular complexity index is 1120. The highest BCUT2D eigenvalue weighted by molar-refractivity contribution is 5.76. The lowest BCUT2D eigenvalue weighted by atomic mass is 10.0. The predicted molar refractivity (Wildman–Crippen MR) is 315 cm³/mol. The number of unbranched alkanes of at least 4 members (excludes halogenated alkanes) is 48. The molecule has 0 aliphatic carbocycles. The number of nitrogens with one attached hydrogen (secondary N) is 1. The number of ether oxygens (including phenoxy) is 1. The Morgan fingerprint density at radius 2 is 0.653 bits per heavy atom. The lowest BCUT2D eigenvalue weighted by molar-refractivity contribution is -0.143. The second-order valence-corrected chi connectivity index (χ2v) is 22.5. The van der Waals surface area contributed by atoms with Gasteiger partial charge in [-0.05, 0) is 57.8 Å². The number of amides is 1. The third-order valence-corrected chi connectivity index (χ3v) is 15.2. The van der Waals surface area contributed by atoms with E-state index in [2.05, 4.69) is 31.3 Å². The van der Waals surface area contributed by atoms with Gasteiger partial charge in [0.1, 0.15) is 0 Å². The van der Waals surface area contributed by atoms with E-state index in [9.17, 15) is 19.8 Å². The zero-order chi connectivity index (χ0) is 52.2. The van der Waals surface area contributed by atoms with Crippen LogP contribution in [-0.4, -0.2) is 47.4 Å². The van der Waals surface area contributed by atoms with E-state index < -0.39 is 12.1 Å². The molecule has 1 amide bonds. The first-order valence-electron chi connectivity index (χ1n) is 32.6. The van der Waals surface area contributed by atoms with Gasteiger partial charge in [0.2, 0.25) is 5.91 Å². The van der Waals surface area contributed by atoms with Gasteiger partial charge in [-0.2, -0.15) is 0 Å². The molecule has 3 N–H and O–H groups in total. The van der Waals surface area contributed by atoms with Crippen LogP contribution < -0.4 is 5.32 Å². The summed E-state index contributed by atoms with van der Waals surface area (Å²) in [7, 11) is 0. The average Bonchev–Trinajstić information content (AvgIpc) is 3.38. The van der Waals surface area contributed by atoms with Crippen molar-refractivity contribution in [1.82, 2.24) is 5.32 Å². The molecule has 6 heteroatoms. The molecule has 0 bridgehead atoms. The molecule has 72 heavy (non-hydrogen) atoms. The lowest BCUT2D eigenvalue weighted by Crippen LogP contribution is -2.45. The molecule has 426 valence electrons. The molecule has 0 radical (unpaired) electrons. The van der Waals surface area contributed by atoms with Gasteiger partial charge in [0.05, 0.1) is 25.4 Å². The van der Waals surface area contributed by atoms with Crippen LogP contribution in [0.3, 0.4) is 0 Å². The van der Waals surface area contributed by atoms with Crippen LogP contribution in [0.1, 0.15) is 361 Å². The highest BCUT2D eigenvalue weighted by Crippen LogP contribution is 2.18. The largest absolute Gasteiger partial charge is 0.466 e. The van der Waals surface area contributed by atoms with Crippen molar-refractivity contribution in [2.45, 2.75) is 373 Å². The van der Waals surface area contributed by atoms with Crippen molar-refractivity contribution in [1.29, 1.82) is 0 Å². The summed E-state index contributed by atoms with van der Waals surface area (Å²) in [6, 6.07) is -0.634. The number of aliphatic hydroxyl groups excluding tert-OH is 2. The summed E-state index contributed by atoms with van der Waals surface area (Å²) in [6.45, 7) is 4.93. The van der Waals surface area contributed by atoms with E-state index in [1.165, 1.54) is 289 Å². The van der Waals surface area contributed by atoms with Crippen LogP contribution in [0.5, 0.6) is 0 Å². The summed E-state index contributed by atoms with van der Waals surface area (Å²) in [5, 5.41) is 23.2. The topological polar surface area (TPSA) is 95.9 Å². The van der Waals surface area contributed by atoms with E-state index >= 15 is 0 Å². The Morgan fingerprint density at radius 3 is 0.986 bits per heavy atom. The molecule has 0 aliphatic rings. The number of rotatable bonds is 61. The Balaban J connectivity index is 3.44. The van der Waals surface area contributed by atoms with Gasteiger partial charge in [-0.1, -0.05) is 314 Å². The molecule has 0 spiro atoms. The summed E-state index contributed by atoms with van der Waals surface area (Å²) < 4.78 is 5.50. The molecule has 0 aromatic heterocycles. The quantitative estimate of drug-likeness (QED) is 0.0320. The number of hydrogen-bond donors (Lipinski definition) is 3. The number of hydrogen-bond acceptors (Lipinski definition) is 5. The minimum atomic E-state index is -0.850. The third kappa shape index (κ3) is 57.6. The lowest BCUT2D eigenvalue weighted by Gasteiger charge is -2.20. The number of allylic oxidation sites excluding steroid dienone is 3. The van der Waals surface area contributed by atoms with E-state index in [1.54, 1.807) is 6.08 Å². The average molecular weight is 1010 g/mol. The first-order chi connectivity index (χ1) is 35.5. The van der Waals surface area contributed by atoms with Crippen LogP contribution in [-0.2, 0) is 14.3 Å². The van der Waals surface area contributed by atoms with Crippen molar-refractivity contribution in [3.8, 4) is 0 Å². The fraction of sp³-hybridized carbons (Fsp3) is 0.909. The van der Waals surface area contributed by atoms with Gasteiger partial charge in [0, 0.05) is 12.8 Å². The molecule has 2 atom stereocenters. The zero-order valence-electron chi connectivity index (χ0n) is 48.7. The summed E-state index contributed by atoms with van der Waals surface area (Å²) >= 11 is 0. The monoisotopic (exact) mass is 1010 g/mol. The smallest absolute Gasteiger partial charge is 0.305 e.